The van der Waals surface area contributed by atoms with E-state index in [0.717, 1.165) is 44.5 Å². The summed E-state index contributed by atoms with van der Waals surface area (Å²) in [6, 6.07) is 20.8. The predicted molar refractivity (Wildman–Crippen MR) is 94.6 cm³/mol. The van der Waals surface area contributed by atoms with Crippen LogP contribution >= 0.6 is 0 Å². The smallest absolute Gasteiger partial charge is 0.142 e. The van der Waals surface area contributed by atoms with Gasteiger partial charge in [0.1, 0.15) is 5.60 Å². The van der Waals surface area contributed by atoms with Crippen molar-refractivity contribution in [3.63, 3.8) is 0 Å². The van der Waals surface area contributed by atoms with E-state index in [2.05, 4.69) is 69.3 Å². The van der Waals surface area contributed by atoms with E-state index in [9.17, 15) is 5.11 Å². The van der Waals surface area contributed by atoms with Crippen molar-refractivity contribution >= 4 is 0 Å². The second kappa shape index (κ2) is 4.81. The van der Waals surface area contributed by atoms with Gasteiger partial charge in [-0.25, -0.2) is 0 Å². The molecular formula is C22H20O. The molecule has 0 unspecified atom stereocenters. The number of rotatable bonds is 1. The summed E-state index contributed by atoms with van der Waals surface area (Å²) in [6.45, 7) is 6.24. The summed E-state index contributed by atoms with van der Waals surface area (Å²) >= 11 is 0. The van der Waals surface area contributed by atoms with Gasteiger partial charge in [-0.15, -0.1) is 0 Å². The molecule has 0 bridgehead atoms. The normalized spacial score (nSPS) is 14.4. The Morgan fingerprint density at radius 1 is 0.696 bits per heavy atom. The van der Waals surface area contributed by atoms with E-state index in [1.54, 1.807) is 0 Å². The number of aryl methyl sites for hydroxylation is 3. The molecule has 0 saturated heterocycles. The van der Waals surface area contributed by atoms with Crippen LogP contribution in [0.5, 0.6) is 0 Å². The minimum absolute atomic E-state index is 0.945. The number of benzene rings is 3. The maximum atomic E-state index is 12.0. The van der Waals surface area contributed by atoms with Gasteiger partial charge in [-0.3, -0.25) is 0 Å². The highest BCUT2D eigenvalue weighted by Crippen LogP contribution is 2.53. The van der Waals surface area contributed by atoms with Crippen LogP contribution in [0.4, 0.5) is 0 Å². The molecule has 23 heavy (non-hydrogen) atoms. The Balaban J connectivity index is 2.16. The van der Waals surface area contributed by atoms with Crippen LogP contribution in [0.3, 0.4) is 0 Å². The van der Waals surface area contributed by atoms with E-state index in [1.165, 1.54) is 0 Å². The molecule has 1 N–H and O–H groups in total. The number of hydrogen-bond donors (Lipinski definition) is 1. The van der Waals surface area contributed by atoms with E-state index in [4.69, 9.17) is 0 Å². The summed E-state index contributed by atoms with van der Waals surface area (Å²) in [5.74, 6) is 0. The molecule has 0 amide bonds. The fourth-order valence-electron chi connectivity index (χ4n) is 4.03. The van der Waals surface area contributed by atoms with Crippen LogP contribution in [-0.4, -0.2) is 5.11 Å². The molecule has 0 aliphatic heterocycles. The third kappa shape index (κ3) is 1.83. The molecule has 0 saturated carbocycles. The Morgan fingerprint density at radius 3 is 1.74 bits per heavy atom. The molecule has 1 heteroatoms. The molecule has 0 fully saturated rings. The largest absolute Gasteiger partial charge is 0.376 e. The van der Waals surface area contributed by atoms with Crippen molar-refractivity contribution in [3.05, 3.63) is 94.0 Å². The molecule has 4 rings (SSSR count). The van der Waals surface area contributed by atoms with Crippen LogP contribution in [0.25, 0.3) is 11.1 Å². The third-order valence-corrected chi connectivity index (χ3v) is 5.00. The SMILES string of the molecule is Cc1cccc(C2(O)c3c(C)cccc3-c3cccc(C)c32)c1. The van der Waals surface area contributed by atoms with Crippen LogP contribution in [-0.2, 0) is 5.60 Å². The fraction of sp³-hybridized carbons (Fsp3) is 0.182. The van der Waals surface area contributed by atoms with Gasteiger partial charge in [-0.05, 0) is 48.6 Å². The summed E-state index contributed by atoms with van der Waals surface area (Å²) in [5.41, 5.74) is 7.62. The van der Waals surface area contributed by atoms with Gasteiger partial charge in [-0.2, -0.15) is 0 Å². The van der Waals surface area contributed by atoms with Crippen molar-refractivity contribution in [3.8, 4) is 11.1 Å². The molecule has 0 spiro atoms. The molecule has 114 valence electrons. The highest BCUT2D eigenvalue weighted by atomic mass is 16.3. The average Bonchev–Trinajstić information content (AvgIpc) is 2.80. The molecule has 1 nitrogen and oxygen atoms in total. The minimum atomic E-state index is -1.08. The molecular weight excluding hydrogens is 280 g/mol. The third-order valence-electron chi connectivity index (χ3n) is 5.00. The lowest BCUT2D eigenvalue weighted by Crippen LogP contribution is -2.28. The van der Waals surface area contributed by atoms with Crippen LogP contribution < -0.4 is 0 Å². The van der Waals surface area contributed by atoms with Crippen molar-refractivity contribution in [2.45, 2.75) is 26.4 Å². The second-order valence-electron chi connectivity index (χ2n) is 6.57. The van der Waals surface area contributed by atoms with Crippen molar-refractivity contribution in [1.29, 1.82) is 0 Å². The molecule has 0 radical (unpaired) electrons. The maximum Gasteiger partial charge on any atom is 0.142 e. The summed E-state index contributed by atoms with van der Waals surface area (Å²) in [6.07, 6.45) is 0. The lowest BCUT2D eigenvalue weighted by atomic mass is 9.80. The summed E-state index contributed by atoms with van der Waals surface area (Å²) in [7, 11) is 0. The van der Waals surface area contributed by atoms with Gasteiger partial charge in [0, 0.05) is 11.1 Å². The Hall–Kier alpha value is -2.38. The Bertz CT molecular complexity index is 870. The number of aliphatic hydroxyl groups is 1. The van der Waals surface area contributed by atoms with E-state index in [-0.39, 0.29) is 0 Å². The monoisotopic (exact) mass is 300 g/mol. The van der Waals surface area contributed by atoms with Gasteiger partial charge in [0.15, 0.2) is 0 Å². The Kier molecular flexibility index (Phi) is 2.97. The van der Waals surface area contributed by atoms with E-state index in [1.807, 2.05) is 12.1 Å². The molecule has 3 aromatic carbocycles. The molecule has 0 heterocycles. The van der Waals surface area contributed by atoms with Crippen molar-refractivity contribution in [2.75, 3.05) is 0 Å². The quantitative estimate of drug-likeness (QED) is 0.679. The van der Waals surface area contributed by atoms with Gasteiger partial charge in [0.05, 0.1) is 0 Å². The molecule has 0 atom stereocenters. The zero-order valence-corrected chi connectivity index (χ0v) is 13.7. The topological polar surface area (TPSA) is 20.2 Å². The zero-order chi connectivity index (χ0) is 16.2. The van der Waals surface area contributed by atoms with Gasteiger partial charge in [-0.1, -0.05) is 66.2 Å². The second-order valence-corrected chi connectivity index (χ2v) is 6.57. The van der Waals surface area contributed by atoms with Crippen LogP contribution in [0.2, 0.25) is 0 Å². The lowest BCUT2D eigenvalue weighted by Gasteiger charge is -2.29. The van der Waals surface area contributed by atoms with Crippen LogP contribution in [0.15, 0.2) is 60.7 Å². The predicted octanol–water partition coefficient (Wildman–Crippen LogP) is 4.88. The fourth-order valence-corrected chi connectivity index (χ4v) is 4.03. The van der Waals surface area contributed by atoms with Gasteiger partial charge >= 0.3 is 0 Å². The van der Waals surface area contributed by atoms with E-state index in [0.29, 0.717) is 0 Å². The molecule has 0 aromatic heterocycles. The average molecular weight is 300 g/mol. The first-order chi connectivity index (χ1) is 11.0. The van der Waals surface area contributed by atoms with Crippen LogP contribution in [0, 0.1) is 20.8 Å². The molecule has 1 aliphatic rings. The zero-order valence-electron chi connectivity index (χ0n) is 13.7. The minimum Gasteiger partial charge on any atom is -0.376 e. The number of fused-ring (bicyclic) bond motifs is 3. The Labute approximate surface area is 137 Å². The molecule has 1 aliphatic carbocycles. The van der Waals surface area contributed by atoms with E-state index < -0.39 is 5.60 Å². The van der Waals surface area contributed by atoms with E-state index >= 15 is 0 Å². The first-order valence-corrected chi connectivity index (χ1v) is 8.03. The van der Waals surface area contributed by atoms with Crippen LogP contribution in [0.1, 0.15) is 33.4 Å². The number of hydrogen-bond acceptors (Lipinski definition) is 1. The summed E-state index contributed by atoms with van der Waals surface area (Å²) < 4.78 is 0. The summed E-state index contributed by atoms with van der Waals surface area (Å²) in [5, 5.41) is 12.0. The lowest BCUT2D eigenvalue weighted by molar-refractivity contribution is 0.129. The van der Waals surface area contributed by atoms with Gasteiger partial charge in [0.2, 0.25) is 0 Å². The van der Waals surface area contributed by atoms with Crippen molar-refractivity contribution in [1.82, 2.24) is 0 Å². The Morgan fingerprint density at radius 2 is 1.22 bits per heavy atom. The van der Waals surface area contributed by atoms with Crippen molar-refractivity contribution in [2.24, 2.45) is 0 Å². The maximum absolute atomic E-state index is 12.0. The standard InChI is InChI=1S/C22H20O/c1-14-7-4-10-17(13-14)22(23)20-15(2)8-5-11-18(20)19-12-6-9-16(3)21(19)22/h4-13,23H,1-3H3. The molecule has 3 aromatic rings. The first-order valence-electron chi connectivity index (χ1n) is 8.03. The highest BCUT2D eigenvalue weighted by molar-refractivity contribution is 5.84. The van der Waals surface area contributed by atoms with Crippen molar-refractivity contribution < 1.29 is 5.11 Å². The summed E-state index contributed by atoms with van der Waals surface area (Å²) in [4.78, 5) is 0. The van der Waals surface area contributed by atoms with Gasteiger partial charge < -0.3 is 5.11 Å². The first kappa shape index (κ1) is 14.2. The van der Waals surface area contributed by atoms with Gasteiger partial charge in [0.25, 0.3) is 0 Å². The highest BCUT2D eigenvalue weighted by Gasteiger charge is 2.44.